The first-order valence-corrected chi connectivity index (χ1v) is 6.29. The standard InChI is InChI=1S/C15H14ClFO2/c1-10(18)14-7-6-13(8-15(14)17)19-9-11-2-4-12(16)5-3-11/h2-8,10,18H,9H2,1H3/t10-/m0/s1. The van der Waals surface area contributed by atoms with Crippen LogP contribution in [0.5, 0.6) is 5.75 Å². The highest BCUT2D eigenvalue weighted by Gasteiger charge is 2.09. The Bertz CT molecular complexity index is 553. The van der Waals surface area contributed by atoms with Gasteiger partial charge in [-0.15, -0.1) is 0 Å². The van der Waals surface area contributed by atoms with Gasteiger partial charge in [0.1, 0.15) is 18.2 Å². The summed E-state index contributed by atoms with van der Waals surface area (Å²) in [6, 6.07) is 11.7. The summed E-state index contributed by atoms with van der Waals surface area (Å²) in [7, 11) is 0. The van der Waals surface area contributed by atoms with E-state index in [1.807, 2.05) is 12.1 Å². The van der Waals surface area contributed by atoms with E-state index < -0.39 is 11.9 Å². The molecule has 0 aromatic heterocycles. The molecule has 100 valence electrons. The largest absolute Gasteiger partial charge is 0.489 e. The van der Waals surface area contributed by atoms with E-state index in [2.05, 4.69) is 0 Å². The van der Waals surface area contributed by atoms with Crippen LogP contribution in [0, 0.1) is 5.82 Å². The third kappa shape index (κ3) is 3.69. The minimum atomic E-state index is -0.828. The normalized spacial score (nSPS) is 12.2. The zero-order valence-corrected chi connectivity index (χ0v) is 11.2. The lowest BCUT2D eigenvalue weighted by Crippen LogP contribution is -1.99. The molecule has 2 nitrogen and oxygen atoms in total. The lowest BCUT2D eigenvalue weighted by Gasteiger charge is -2.10. The van der Waals surface area contributed by atoms with Crippen molar-refractivity contribution in [3.8, 4) is 5.75 Å². The van der Waals surface area contributed by atoms with E-state index in [9.17, 15) is 9.50 Å². The Hall–Kier alpha value is -1.58. The minimum Gasteiger partial charge on any atom is -0.489 e. The Balaban J connectivity index is 2.04. The van der Waals surface area contributed by atoms with E-state index in [1.54, 1.807) is 18.2 Å². The SMILES string of the molecule is C[C@H](O)c1ccc(OCc2ccc(Cl)cc2)cc1F. The maximum absolute atomic E-state index is 13.6. The Morgan fingerprint density at radius 3 is 2.47 bits per heavy atom. The van der Waals surface area contributed by atoms with E-state index in [0.717, 1.165) is 5.56 Å². The topological polar surface area (TPSA) is 29.5 Å². The molecule has 0 aliphatic rings. The van der Waals surface area contributed by atoms with Crippen LogP contribution in [-0.4, -0.2) is 5.11 Å². The van der Waals surface area contributed by atoms with E-state index in [0.29, 0.717) is 17.4 Å². The van der Waals surface area contributed by atoms with Crippen LogP contribution in [0.15, 0.2) is 42.5 Å². The summed E-state index contributed by atoms with van der Waals surface area (Å²) in [6.45, 7) is 1.86. The first-order valence-electron chi connectivity index (χ1n) is 5.91. The number of hydrogen-bond acceptors (Lipinski definition) is 2. The Morgan fingerprint density at radius 2 is 1.89 bits per heavy atom. The summed E-state index contributed by atoms with van der Waals surface area (Å²) in [5, 5.41) is 10.00. The Morgan fingerprint density at radius 1 is 1.21 bits per heavy atom. The van der Waals surface area contributed by atoms with Gasteiger partial charge < -0.3 is 9.84 Å². The van der Waals surface area contributed by atoms with Crippen molar-refractivity contribution < 1.29 is 14.2 Å². The first kappa shape index (κ1) is 13.8. The molecule has 0 saturated carbocycles. The molecule has 0 spiro atoms. The lowest BCUT2D eigenvalue weighted by atomic mass is 10.1. The molecule has 0 aliphatic carbocycles. The molecule has 1 atom stereocenters. The van der Waals surface area contributed by atoms with Gasteiger partial charge in [-0.1, -0.05) is 23.7 Å². The Labute approximate surface area is 116 Å². The monoisotopic (exact) mass is 280 g/mol. The van der Waals surface area contributed by atoms with E-state index in [-0.39, 0.29) is 5.56 Å². The molecule has 19 heavy (non-hydrogen) atoms. The number of aliphatic hydroxyl groups excluding tert-OH is 1. The second-order valence-corrected chi connectivity index (χ2v) is 4.71. The van der Waals surface area contributed by atoms with Crippen LogP contribution >= 0.6 is 11.6 Å². The molecule has 0 bridgehead atoms. The minimum absolute atomic E-state index is 0.263. The van der Waals surface area contributed by atoms with Gasteiger partial charge in [0.15, 0.2) is 0 Å². The predicted octanol–water partition coefficient (Wildman–Crippen LogP) is 4.11. The quantitative estimate of drug-likeness (QED) is 0.913. The molecule has 2 rings (SSSR count). The lowest BCUT2D eigenvalue weighted by molar-refractivity contribution is 0.194. The van der Waals surface area contributed by atoms with Gasteiger partial charge in [-0.25, -0.2) is 4.39 Å². The number of benzene rings is 2. The summed E-state index contributed by atoms with van der Waals surface area (Å²) < 4.78 is 19.1. The maximum atomic E-state index is 13.6. The van der Waals surface area contributed by atoms with Crippen LogP contribution < -0.4 is 4.74 Å². The fraction of sp³-hybridized carbons (Fsp3) is 0.200. The molecule has 0 amide bonds. The van der Waals surface area contributed by atoms with Crippen molar-refractivity contribution in [3.05, 3.63) is 64.4 Å². The third-order valence-electron chi connectivity index (χ3n) is 2.74. The summed E-state index contributed by atoms with van der Waals surface area (Å²) in [6.07, 6.45) is -0.828. The van der Waals surface area contributed by atoms with Gasteiger partial charge in [0, 0.05) is 16.7 Å². The second-order valence-electron chi connectivity index (χ2n) is 4.27. The highest BCUT2D eigenvalue weighted by Crippen LogP contribution is 2.22. The summed E-state index contributed by atoms with van der Waals surface area (Å²) in [5.41, 5.74) is 1.21. The number of rotatable bonds is 4. The number of hydrogen-bond donors (Lipinski definition) is 1. The molecule has 0 aliphatic heterocycles. The van der Waals surface area contributed by atoms with Crippen LogP contribution in [-0.2, 0) is 6.61 Å². The smallest absolute Gasteiger partial charge is 0.132 e. The fourth-order valence-corrected chi connectivity index (χ4v) is 1.81. The van der Waals surface area contributed by atoms with Crippen molar-refractivity contribution in [3.63, 3.8) is 0 Å². The molecule has 2 aromatic rings. The van der Waals surface area contributed by atoms with Gasteiger partial charge in [0.25, 0.3) is 0 Å². The van der Waals surface area contributed by atoms with E-state index in [4.69, 9.17) is 16.3 Å². The molecular formula is C15H14ClFO2. The average Bonchev–Trinajstić information content (AvgIpc) is 2.37. The molecule has 4 heteroatoms. The molecule has 0 heterocycles. The maximum Gasteiger partial charge on any atom is 0.132 e. The third-order valence-corrected chi connectivity index (χ3v) is 2.99. The zero-order valence-electron chi connectivity index (χ0n) is 10.4. The Kier molecular flexibility index (Phi) is 4.40. The van der Waals surface area contributed by atoms with Gasteiger partial charge in [-0.05, 0) is 36.8 Å². The molecule has 0 saturated heterocycles. The second kappa shape index (κ2) is 6.04. The number of ether oxygens (including phenoxy) is 1. The molecule has 0 fully saturated rings. The van der Waals surface area contributed by atoms with Crippen molar-refractivity contribution in [2.24, 2.45) is 0 Å². The highest BCUT2D eigenvalue weighted by molar-refractivity contribution is 6.30. The molecule has 0 radical (unpaired) electrons. The number of aliphatic hydroxyl groups is 1. The summed E-state index contributed by atoms with van der Waals surface area (Å²) in [4.78, 5) is 0. The van der Waals surface area contributed by atoms with Crippen LogP contribution in [0.25, 0.3) is 0 Å². The van der Waals surface area contributed by atoms with Gasteiger partial charge in [-0.2, -0.15) is 0 Å². The van der Waals surface area contributed by atoms with Crippen LogP contribution in [0.4, 0.5) is 4.39 Å². The molecular weight excluding hydrogens is 267 g/mol. The van der Waals surface area contributed by atoms with Crippen molar-refractivity contribution in [1.29, 1.82) is 0 Å². The van der Waals surface area contributed by atoms with Crippen LogP contribution in [0.3, 0.4) is 0 Å². The van der Waals surface area contributed by atoms with Crippen LogP contribution in [0.2, 0.25) is 5.02 Å². The van der Waals surface area contributed by atoms with Gasteiger partial charge >= 0.3 is 0 Å². The van der Waals surface area contributed by atoms with E-state index in [1.165, 1.54) is 19.1 Å². The predicted molar refractivity (Wildman–Crippen MR) is 72.8 cm³/mol. The summed E-state index contributed by atoms with van der Waals surface area (Å²) in [5.74, 6) is -0.0412. The highest BCUT2D eigenvalue weighted by atomic mass is 35.5. The first-order chi connectivity index (χ1) is 9.06. The van der Waals surface area contributed by atoms with Gasteiger partial charge in [-0.3, -0.25) is 0 Å². The fourth-order valence-electron chi connectivity index (χ4n) is 1.68. The number of halogens is 2. The van der Waals surface area contributed by atoms with Crippen molar-refractivity contribution in [2.45, 2.75) is 19.6 Å². The molecule has 0 unspecified atom stereocenters. The van der Waals surface area contributed by atoms with Gasteiger partial charge in [0.2, 0.25) is 0 Å². The zero-order chi connectivity index (χ0) is 13.8. The van der Waals surface area contributed by atoms with Crippen molar-refractivity contribution in [1.82, 2.24) is 0 Å². The van der Waals surface area contributed by atoms with Crippen LogP contribution in [0.1, 0.15) is 24.2 Å². The molecule has 2 aromatic carbocycles. The molecule has 1 N–H and O–H groups in total. The summed E-state index contributed by atoms with van der Waals surface area (Å²) >= 11 is 5.78. The van der Waals surface area contributed by atoms with Crippen molar-refractivity contribution >= 4 is 11.6 Å². The van der Waals surface area contributed by atoms with E-state index >= 15 is 0 Å². The average molecular weight is 281 g/mol. The van der Waals surface area contributed by atoms with Crippen molar-refractivity contribution in [2.75, 3.05) is 0 Å². The van der Waals surface area contributed by atoms with Gasteiger partial charge in [0.05, 0.1) is 6.10 Å².